The first-order chi connectivity index (χ1) is 8.91. The lowest BCUT2D eigenvalue weighted by Crippen LogP contribution is -2.48. The summed E-state index contributed by atoms with van der Waals surface area (Å²) in [5.74, 6) is -1.21. The van der Waals surface area contributed by atoms with Crippen LogP contribution < -0.4 is 10.6 Å². The van der Waals surface area contributed by atoms with Crippen LogP contribution in [0.15, 0.2) is 28.7 Å². The fourth-order valence-electron chi connectivity index (χ4n) is 1.52. The molecule has 1 aromatic rings. The number of hydrogen-bond donors (Lipinski definition) is 3. The van der Waals surface area contributed by atoms with E-state index in [1.807, 2.05) is 24.3 Å². The third-order valence-corrected chi connectivity index (χ3v) is 3.39. The molecule has 0 aromatic heterocycles. The van der Waals surface area contributed by atoms with Gasteiger partial charge in [-0.3, -0.25) is 0 Å². The second-order valence-electron chi connectivity index (χ2n) is 4.48. The van der Waals surface area contributed by atoms with E-state index in [0.29, 0.717) is 6.54 Å². The molecule has 0 aliphatic heterocycles. The summed E-state index contributed by atoms with van der Waals surface area (Å²) in [6, 6.07) is 6.13. The highest BCUT2D eigenvalue weighted by Gasteiger charge is 2.23. The smallest absolute Gasteiger partial charge is 0.326 e. The molecule has 1 atom stereocenters. The van der Waals surface area contributed by atoms with Crippen LogP contribution in [-0.2, 0) is 11.3 Å². The van der Waals surface area contributed by atoms with Crippen molar-refractivity contribution in [3.05, 3.63) is 34.3 Å². The molecule has 3 N–H and O–H groups in total. The molecule has 0 fully saturated rings. The first-order valence-corrected chi connectivity index (χ1v) is 6.71. The van der Waals surface area contributed by atoms with Crippen LogP contribution in [0.2, 0.25) is 0 Å². The molecule has 0 radical (unpaired) electrons. The van der Waals surface area contributed by atoms with Crippen molar-refractivity contribution in [3.8, 4) is 0 Å². The summed E-state index contributed by atoms with van der Waals surface area (Å²) in [5.41, 5.74) is 0.925. The Balaban J connectivity index is 2.52. The van der Waals surface area contributed by atoms with E-state index in [-0.39, 0.29) is 5.92 Å². The number of amides is 2. The molecule has 0 aliphatic carbocycles. The molecule has 19 heavy (non-hydrogen) atoms. The molecule has 6 heteroatoms. The summed E-state index contributed by atoms with van der Waals surface area (Å²) >= 11 is 3.38. The van der Waals surface area contributed by atoms with Gasteiger partial charge in [0, 0.05) is 11.0 Å². The zero-order valence-corrected chi connectivity index (χ0v) is 12.4. The van der Waals surface area contributed by atoms with Crippen molar-refractivity contribution in [1.29, 1.82) is 0 Å². The van der Waals surface area contributed by atoms with Crippen molar-refractivity contribution < 1.29 is 14.7 Å². The second-order valence-corrected chi connectivity index (χ2v) is 5.33. The molecule has 0 spiro atoms. The summed E-state index contributed by atoms with van der Waals surface area (Å²) in [6.07, 6.45) is 0. The zero-order chi connectivity index (χ0) is 14.4. The van der Waals surface area contributed by atoms with Crippen LogP contribution in [0, 0.1) is 5.92 Å². The second kappa shape index (κ2) is 7.13. The number of carbonyl (C=O) groups is 2. The van der Waals surface area contributed by atoms with Crippen molar-refractivity contribution in [1.82, 2.24) is 10.6 Å². The average molecular weight is 329 g/mol. The number of urea groups is 1. The Bertz CT molecular complexity index is 463. The first kappa shape index (κ1) is 15.5. The Kier molecular flexibility index (Phi) is 5.82. The van der Waals surface area contributed by atoms with Crippen LogP contribution in [0.3, 0.4) is 0 Å². The normalized spacial score (nSPS) is 12.0. The molecule has 1 aromatic carbocycles. The van der Waals surface area contributed by atoms with Gasteiger partial charge in [-0.15, -0.1) is 0 Å². The van der Waals surface area contributed by atoms with E-state index >= 15 is 0 Å². The quantitative estimate of drug-likeness (QED) is 0.776. The van der Waals surface area contributed by atoms with Gasteiger partial charge in [-0.25, -0.2) is 9.59 Å². The predicted molar refractivity (Wildman–Crippen MR) is 75.8 cm³/mol. The van der Waals surface area contributed by atoms with Gasteiger partial charge < -0.3 is 15.7 Å². The lowest BCUT2D eigenvalue weighted by Gasteiger charge is -2.18. The monoisotopic (exact) mass is 328 g/mol. The number of nitrogens with one attached hydrogen (secondary N) is 2. The maximum Gasteiger partial charge on any atom is 0.326 e. The molecule has 0 saturated carbocycles. The number of carboxylic acids is 1. The lowest BCUT2D eigenvalue weighted by molar-refractivity contribution is -0.140. The van der Waals surface area contributed by atoms with Crippen molar-refractivity contribution in [2.45, 2.75) is 26.4 Å². The van der Waals surface area contributed by atoms with Gasteiger partial charge in [-0.2, -0.15) is 0 Å². The van der Waals surface area contributed by atoms with Gasteiger partial charge in [0.15, 0.2) is 0 Å². The Morgan fingerprint density at radius 1 is 1.32 bits per heavy atom. The minimum absolute atomic E-state index is 0.174. The number of carbonyl (C=O) groups excluding carboxylic acids is 1. The maximum absolute atomic E-state index is 11.6. The van der Waals surface area contributed by atoms with Crippen molar-refractivity contribution in [3.63, 3.8) is 0 Å². The molecular formula is C13H17BrN2O3. The number of halogens is 1. The van der Waals surface area contributed by atoms with Crippen LogP contribution in [-0.4, -0.2) is 23.1 Å². The summed E-state index contributed by atoms with van der Waals surface area (Å²) < 4.78 is 0.897. The summed E-state index contributed by atoms with van der Waals surface area (Å²) in [7, 11) is 0. The maximum atomic E-state index is 11.6. The Morgan fingerprint density at radius 3 is 2.47 bits per heavy atom. The van der Waals surface area contributed by atoms with Crippen molar-refractivity contribution >= 4 is 27.9 Å². The van der Waals surface area contributed by atoms with E-state index in [1.54, 1.807) is 13.8 Å². The number of rotatable bonds is 5. The molecule has 1 rings (SSSR count). The Labute approximate surface area is 120 Å². The highest BCUT2D eigenvalue weighted by molar-refractivity contribution is 9.10. The topological polar surface area (TPSA) is 78.4 Å². The molecule has 0 unspecified atom stereocenters. The van der Waals surface area contributed by atoms with E-state index in [1.165, 1.54) is 0 Å². The third-order valence-electron chi connectivity index (χ3n) is 2.62. The van der Waals surface area contributed by atoms with Gasteiger partial charge in [0.2, 0.25) is 0 Å². The molecule has 2 amide bonds. The molecule has 0 bridgehead atoms. The van der Waals surface area contributed by atoms with Gasteiger partial charge in [0.1, 0.15) is 6.04 Å². The van der Waals surface area contributed by atoms with Crippen LogP contribution in [0.25, 0.3) is 0 Å². The number of hydrogen-bond acceptors (Lipinski definition) is 2. The van der Waals surface area contributed by atoms with Gasteiger partial charge in [-0.1, -0.05) is 48.0 Å². The Hall–Kier alpha value is -1.56. The van der Waals surface area contributed by atoms with E-state index in [0.717, 1.165) is 10.0 Å². The average Bonchev–Trinajstić information content (AvgIpc) is 2.34. The molecule has 0 aliphatic rings. The molecule has 5 nitrogen and oxygen atoms in total. The van der Waals surface area contributed by atoms with Crippen LogP contribution >= 0.6 is 15.9 Å². The Morgan fingerprint density at radius 2 is 1.95 bits per heavy atom. The predicted octanol–water partition coefficient (Wildman–Crippen LogP) is 2.36. The summed E-state index contributed by atoms with van der Waals surface area (Å²) in [5, 5.41) is 14.0. The van der Waals surface area contributed by atoms with E-state index < -0.39 is 18.0 Å². The zero-order valence-electron chi connectivity index (χ0n) is 10.8. The van der Waals surface area contributed by atoms with Crippen molar-refractivity contribution in [2.75, 3.05) is 0 Å². The fraction of sp³-hybridized carbons (Fsp3) is 0.385. The highest BCUT2D eigenvalue weighted by Crippen LogP contribution is 2.15. The SMILES string of the molecule is CC(C)[C@@H](NC(=O)NCc1ccccc1Br)C(=O)O. The van der Waals surface area contributed by atoms with Gasteiger partial charge >= 0.3 is 12.0 Å². The molecule has 0 heterocycles. The third kappa shape index (κ3) is 4.90. The lowest BCUT2D eigenvalue weighted by atomic mass is 10.1. The highest BCUT2D eigenvalue weighted by atomic mass is 79.9. The molecule has 0 saturated heterocycles. The van der Waals surface area contributed by atoms with Crippen LogP contribution in [0.1, 0.15) is 19.4 Å². The summed E-state index contributed by atoms with van der Waals surface area (Å²) in [4.78, 5) is 22.6. The van der Waals surface area contributed by atoms with Crippen molar-refractivity contribution in [2.24, 2.45) is 5.92 Å². The minimum atomic E-state index is -1.04. The number of benzene rings is 1. The largest absolute Gasteiger partial charge is 0.480 e. The van der Waals surface area contributed by atoms with E-state index in [4.69, 9.17) is 5.11 Å². The van der Waals surface area contributed by atoms with Gasteiger partial charge in [0.05, 0.1) is 0 Å². The minimum Gasteiger partial charge on any atom is -0.480 e. The first-order valence-electron chi connectivity index (χ1n) is 5.92. The number of aliphatic carboxylic acids is 1. The summed E-state index contributed by atoms with van der Waals surface area (Å²) in [6.45, 7) is 3.82. The van der Waals surface area contributed by atoms with Gasteiger partial charge in [-0.05, 0) is 17.5 Å². The molecular weight excluding hydrogens is 312 g/mol. The van der Waals surface area contributed by atoms with E-state index in [2.05, 4.69) is 26.6 Å². The standard InChI is InChI=1S/C13H17BrN2O3/c1-8(2)11(12(17)18)16-13(19)15-7-9-5-3-4-6-10(9)14/h3-6,8,11H,7H2,1-2H3,(H,17,18)(H2,15,16,19)/t11-/m1/s1. The molecule has 104 valence electrons. The van der Waals surface area contributed by atoms with Crippen LogP contribution in [0.5, 0.6) is 0 Å². The fourth-order valence-corrected chi connectivity index (χ4v) is 1.95. The van der Waals surface area contributed by atoms with E-state index in [9.17, 15) is 9.59 Å². The van der Waals surface area contributed by atoms with Gasteiger partial charge in [0.25, 0.3) is 0 Å². The number of carboxylic acid groups (broad SMARTS) is 1. The van der Waals surface area contributed by atoms with Crippen LogP contribution in [0.4, 0.5) is 4.79 Å².